The van der Waals surface area contributed by atoms with E-state index in [0.717, 1.165) is 6.42 Å². The van der Waals surface area contributed by atoms with Crippen molar-refractivity contribution in [2.24, 2.45) is 0 Å². The number of hydrogen-bond donors (Lipinski definition) is 0. The van der Waals surface area contributed by atoms with Gasteiger partial charge in [-0.25, -0.2) is 0 Å². The molecule has 4 heteroatoms. The van der Waals surface area contributed by atoms with E-state index in [2.05, 4.69) is 0 Å². The van der Waals surface area contributed by atoms with Gasteiger partial charge in [0.25, 0.3) is 0 Å². The number of carbonyl (C=O) groups is 3. The Kier molecular flexibility index (Phi) is 7.15. The molecule has 3 aromatic rings. The van der Waals surface area contributed by atoms with Crippen molar-refractivity contribution in [3.05, 3.63) is 108 Å². The summed E-state index contributed by atoms with van der Waals surface area (Å²) in [6.07, 6.45) is 1.51. The Hall–Kier alpha value is -2.53. The van der Waals surface area contributed by atoms with Gasteiger partial charge in [-0.15, -0.1) is 0 Å². The van der Waals surface area contributed by atoms with E-state index in [1.807, 2.05) is 25.1 Å². The number of carbonyl (C=O) groups excluding carboxylic acids is 3. The summed E-state index contributed by atoms with van der Waals surface area (Å²) in [7, 11) is 0. The van der Waals surface area contributed by atoms with Crippen LogP contribution in [0, 0.1) is 0 Å². The quantitative estimate of drug-likeness (QED) is 0.372. The van der Waals surface area contributed by atoms with Crippen LogP contribution in [0.5, 0.6) is 0 Å². The molecule has 0 heterocycles. The van der Waals surface area contributed by atoms with Gasteiger partial charge in [-0.1, -0.05) is 0 Å². The average molecular weight is 491 g/mol. The molecule has 0 fully saturated rings. The van der Waals surface area contributed by atoms with Gasteiger partial charge in [0.05, 0.1) is 0 Å². The third kappa shape index (κ3) is 4.40. The summed E-state index contributed by atoms with van der Waals surface area (Å²) in [5.41, 5.74) is 1.40. The number of unbranched alkanes of at least 4 members (excludes halogenated alkanes) is 1. The summed E-state index contributed by atoms with van der Waals surface area (Å²) in [5, 5.41) is 0. The summed E-state index contributed by atoms with van der Waals surface area (Å²) in [4.78, 5) is 41.6. The molecule has 0 aliphatic heterocycles. The van der Waals surface area contributed by atoms with E-state index >= 15 is 0 Å². The predicted molar refractivity (Wildman–Crippen MR) is 118 cm³/mol. The number of hydrogen-bond acceptors (Lipinski definition) is 3. The first-order valence-corrected chi connectivity index (χ1v) is 16.2. The molecule has 3 nitrogen and oxygen atoms in total. The fourth-order valence-electron chi connectivity index (χ4n) is 3.60. The fourth-order valence-corrected chi connectivity index (χ4v) is 15.5. The van der Waals surface area contributed by atoms with Gasteiger partial charge < -0.3 is 0 Å². The van der Waals surface area contributed by atoms with Crippen LogP contribution in [0.15, 0.2) is 91.0 Å². The van der Waals surface area contributed by atoms with Crippen LogP contribution >= 0.6 is 0 Å². The first kappa shape index (κ1) is 21.2. The molecule has 0 N–H and O–H groups in total. The molecule has 3 rings (SSSR count). The Morgan fingerprint density at radius 3 is 1.17 bits per heavy atom. The zero-order valence-corrected chi connectivity index (χ0v) is 19.4. The molecule has 0 saturated carbocycles. The SMILES string of the molecule is CCC[CH2][Sn]([C](=O)c1ccccc1)([C](=O)c1ccccc1)[C](=O)c1ccccc1. The van der Waals surface area contributed by atoms with E-state index in [4.69, 9.17) is 0 Å². The van der Waals surface area contributed by atoms with Crippen LogP contribution in [-0.4, -0.2) is 29.8 Å². The van der Waals surface area contributed by atoms with Gasteiger partial charge in [0, 0.05) is 0 Å². The second-order valence-corrected chi connectivity index (χ2v) is 17.6. The van der Waals surface area contributed by atoms with E-state index in [1.54, 1.807) is 72.8 Å². The molecule has 0 radical (unpaired) electrons. The summed E-state index contributed by atoms with van der Waals surface area (Å²) < 4.78 is -0.288. The monoisotopic (exact) mass is 492 g/mol. The second-order valence-electron chi connectivity index (χ2n) is 7.09. The maximum atomic E-state index is 13.9. The molecule has 0 saturated heterocycles. The molecule has 0 amide bonds. The van der Waals surface area contributed by atoms with Gasteiger partial charge in [-0.2, -0.15) is 0 Å². The molecule has 3 aromatic carbocycles. The molecule has 0 aliphatic carbocycles. The van der Waals surface area contributed by atoms with E-state index in [-0.39, 0.29) is 11.4 Å². The molecular formula is C25H24O3Sn. The topological polar surface area (TPSA) is 51.2 Å². The molecular weight excluding hydrogens is 467 g/mol. The first-order valence-electron chi connectivity index (χ1n) is 9.91. The van der Waals surface area contributed by atoms with Crippen LogP contribution in [-0.2, 0) is 0 Å². The van der Waals surface area contributed by atoms with Crippen molar-refractivity contribution in [2.45, 2.75) is 24.2 Å². The minimum absolute atomic E-state index is 0.226. The molecule has 29 heavy (non-hydrogen) atoms. The van der Waals surface area contributed by atoms with Crippen molar-refractivity contribution < 1.29 is 14.4 Å². The van der Waals surface area contributed by atoms with Crippen LogP contribution in [0.1, 0.15) is 50.8 Å². The van der Waals surface area contributed by atoms with Gasteiger partial charge in [0.1, 0.15) is 0 Å². The molecule has 0 unspecified atom stereocenters. The Morgan fingerprint density at radius 1 is 0.586 bits per heavy atom. The molecule has 146 valence electrons. The van der Waals surface area contributed by atoms with Gasteiger partial charge in [-0.3, -0.25) is 0 Å². The third-order valence-corrected chi connectivity index (χ3v) is 17.4. The number of rotatable bonds is 9. The van der Waals surface area contributed by atoms with E-state index in [0.29, 0.717) is 27.5 Å². The third-order valence-electron chi connectivity index (χ3n) is 5.18. The van der Waals surface area contributed by atoms with Crippen LogP contribution < -0.4 is 0 Å². The van der Waals surface area contributed by atoms with E-state index in [1.165, 1.54) is 0 Å². The van der Waals surface area contributed by atoms with Gasteiger partial charge >= 0.3 is 176 Å². The Balaban J connectivity index is 2.22. The van der Waals surface area contributed by atoms with Crippen LogP contribution in [0.4, 0.5) is 0 Å². The van der Waals surface area contributed by atoms with Crippen molar-refractivity contribution in [3.8, 4) is 0 Å². The molecule has 0 atom stereocenters. The van der Waals surface area contributed by atoms with Crippen molar-refractivity contribution in [1.29, 1.82) is 0 Å². The zero-order valence-electron chi connectivity index (χ0n) is 16.5. The van der Waals surface area contributed by atoms with E-state index in [9.17, 15) is 14.4 Å². The van der Waals surface area contributed by atoms with Crippen molar-refractivity contribution >= 4 is 29.8 Å². The standard InChI is InChI=1S/3C7H5O.C4H9.Sn/c3*8-6-7-4-2-1-3-5-7;1-3-4-2;/h3*1-5H;1,3-4H2,2H3;. The van der Waals surface area contributed by atoms with Gasteiger partial charge in [0.15, 0.2) is 0 Å². The first-order chi connectivity index (χ1) is 14.1. The van der Waals surface area contributed by atoms with Crippen LogP contribution in [0.25, 0.3) is 0 Å². The summed E-state index contributed by atoms with van der Waals surface area (Å²) in [6.45, 7) is 2.02. The predicted octanol–water partition coefficient (Wildman–Crippen LogP) is 5.50. The Morgan fingerprint density at radius 2 is 0.897 bits per heavy atom. The minimum atomic E-state index is -4.78. The molecule has 0 aliphatic rings. The fraction of sp³-hybridized carbons (Fsp3) is 0.160. The molecule has 0 spiro atoms. The van der Waals surface area contributed by atoms with Gasteiger partial charge in [0.2, 0.25) is 0 Å². The van der Waals surface area contributed by atoms with Gasteiger partial charge in [-0.05, 0) is 0 Å². The summed E-state index contributed by atoms with van der Waals surface area (Å²) in [6, 6.07) is 26.5. The second kappa shape index (κ2) is 9.79. The molecule has 0 bridgehead atoms. The normalized spacial score (nSPS) is 11.1. The van der Waals surface area contributed by atoms with Crippen molar-refractivity contribution in [1.82, 2.24) is 0 Å². The van der Waals surface area contributed by atoms with Crippen molar-refractivity contribution in [3.63, 3.8) is 0 Å². The van der Waals surface area contributed by atoms with Crippen LogP contribution in [0.3, 0.4) is 0 Å². The Bertz CT molecular complexity index is 857. The number of benzene rings is 3. The molecule has 0 aromatic heterocycles. The summed E-state index contributed by atoms with van der Waals surface area (Å²) in [5.74, 6) is 0. The van der Waals surface area contributed by atoms with E-state index < -0.39 is 18.4 Å². The average Bonchev–Trinajstić information content (AvgIpc) is 2.80. The zero-order chi connectivity index (χ0) is 20.7. The summed E-state index contributed by atoms with van der Waals surface area (Å²) >= 11 is -4.78. The van der Waals surface area contributed by atoms with Crippen molar-refractivity contribution in [2.75, 3.05) is 0 Å². The maximum absolute atomic E-state index is 13.9. The van der Waals surface area contributed by atoms with Crippen LogP contribution in [0.2, 0.25) is 4.44 Å². The Labute approximate surface area is 175 Å².